The second-order valence-corrected chi connectivity index (χ2v) is 10.9. The van der Waals surface area contributed by atoms with Crippen LogP contribution in [-0.2, 0) is 4.74 Å². The van der Waals surface area contributed by atoms with Crippen molar-refractivity contribution < 1.29 is 4.74 Å². The van der Waals surface area contributed by atoms with Crippen molar-refractivity contribution in [1.29, 1.82) is 0 Å². The molecule has 2 aliphatic carbocycles. The highest BCUT2D eigenvalue weighted by Gasteiger charge is 2.50. The summed E-state index contributed by atoms with van der Waals surface area (Å²) >= 11 is 0. The van der Waals surface area contributed by atoms with Crippen LogP contribution in [0.15, 0.2) is 23.4 Å². The summed E-state index contributed by atoms with van der Waals surface area (Å²) in [5, 5.41) is 1.76. The largest absolute Gasteiger partial charge is 0.365 e. The van der Waals surface area contributed by atoms with Crippen molar-refractivity contribution in [3.05, 3.63) is 23.4 Å². The number of hydrogen-bond donors (Lipinski definition) is 0. The Balaban J connectivity index is 1.97. The minimum absolute atomic E-state index is 0.463. The molecule has 0 aromatic rings. The Bertz CT molecular complexity index is 324. The summed E-state index contributed by atoms with van der Waals surface area (Å²) in [6.45, 7) is 7.37. The van der Waals surface area contributed by atoms with E-state index >= 15 is 0 Å². The van der Waals surface area contributed by atoms with Crippen LogP contribution in [0.2, 0.25) is 19.6 Å². The molecule has 2 heteroatoms. The van der Waals surface area contributed by atoms with Gasteiger partial charge in [-0.15, -0.1) is 0 Å². The molecule has 4 atom stereocenters. The molecule has 0 amide bonds. The van der Waals surface area contributed by atoms with Gasteiger partial charge < -0.3 is 4.74 Å². The predicted molar refractivity (Wildman–Crippen MR) is 60.8 cm³/mol. The first-order valence-corrected chi connectivity index (χ1v) is 9.12. The van der Waals surface area contributed by atoms with Gasteiger partial charge in [0.1, 0.15) is 6.10 Å². The fraction of sp³-hybridized carbons (Fsp3) is 0.667. The van der Waals surface area contributed by atoms with Crippen LogP contribution in [0.4, 0.5) is 0 Å². The van der Waals surface area contributed by atoms with E-state index in [1.165, 1.54) is 6.42 Å². The Morgan fingerprint density at radius 1 is 1.29 bits per heavy atom. The number of fused-ring (bicyclic) bond motifs is 4. The number of rotatable bonds is 1. The predicted octanol–water partition coefficient (Wildman–Crippen LogP) is 2.76. The maximum atomic E-state index is 5.71. The molecule has 2 bridgehead atoms. The van der Waals surface area contributed by atoms with Gasteiger partial charge in [-0.2, -0.15) is 0 Å². The van der Waals surface area contributed by atoms with Crippen LogP contribution in [-0.4, -0.2) is 20.3 Å². The molecule has 0 aromatic carbocycles. The molecule has 14 heavy (non-hydrogen) atoms. The van der Waals surface area contributed by atoms with E-state index < -0.39 is 8.07 Å². The van der Waals surface area contributed by atoms with Crippen LogP contribution in [0.3, 0.4) is 0 Å². The molecule has 0 radical (unpaired) electrons. The summed E-state index contributed by atoms with van der Waals surface area (Å²) in [5.74, 6) is 1.48. The van der Waals surface area contributed by atoms with Crippen molar-refractivity contribution in [3.63, 3.8) is 0 Å². The SMILES string of the molecule is C[Si](C)(C)C1=C[C@H]2C=CC3OC3[C@@H]1C2. The van der Waals surface area contributed by atoms with Gasteiger partial charge in [0.05, 0.1) is 14.2 Å². The molecular weight excluding hydrogens is 188 g/mol. The summed E-state index contributed by atoms with van der Waals surface area (Å²) in [5.41, 5.74) is 0. The van der Waals surface area contributed by atoms with E-state index in [2.05, 4.69) is 37.9 Å². The molecule has 3 aliphatic rings. The van der Waals surface area contributed by atoms with Gasteiger partial charge in [-0.25, -0.2) is 0 Å². The molecule has 0 N–H and O–H groups in total. The Morgan fingerprint density at radius 3 is 2.79 bits per heavy atom. The fourth-order valence-corrected chi connectivity index (χ4v) is 5.07. The van der Waals surface area contributed by atoms with E-state index in [9.17, 15) is 0 Å². The van der Waals surface area contributed by atoms with Crippen LogP contribution in [0.1, 0.15) is 6.42 Å². The lowest BCUT2D eigenvalue weighted by Crippen LogP contribution is -2.29. The van der Waals surface area contributed by atoms with Crippen LogP contribution in [0, 0.1) is 11.8 Å². The quantitative estimate of drug-likeness (QED) is 0.365. The van der Waals surface area contributed by atoms with Crippen molar-refractivity contribution in [3.8, 4) is 0 Å². The van der Waals surface area contributed by atoms with Gasteiger partial charge in [0.2, 0.25) is 0 Å². The molecule has 1 heterocycles. The lowest BCUT2D eigenvalue weighted by Gasteiger charge is -2.24. The van der Waals surface area contributed by atoms with Gasteiger partial charge in [0.15, 0.2) is 0 Å². The summed E-state index contributed by atoms with van der Waals surface area (Å²) in [6, 6.07) is 0. The lowest BCUT2D eigenvalue weighted by atomic mass is 10.0. The number of ether oxygens (including phenoxy) is 1. The second kappa shape index (κ2) is 2.61. The van der Waals surface area contributed by atoms with Crippen LogP contribution >= 0.6 is 0 Å². The second-order valence-electron chi connectivity index (χ2n) is 5.83. The lowest BCUT2D eigenvalue weighted by molar-refractivity contribution is 0.335. The van der Waals surface area contributed by atoms with Crippen molar-refractivity contribution in [2.24, 2.45) is 11.8 Å². The molecule has 1 saturated heterocycles. The zero-order valence-corrected chi connectivity index (χ0v) is 10.2. The Labute approximate surface area is 86.9 Å². The monoisotopic (exact) mass is 206 g/mol. The minimum Gasteiger partial charge on any atom is -0.365 e. The van der Waals surface area contributed by atoms with Gasteiger partial charge in [-0.05, 0) is 12.3 Å². The molecule has 1 nitrogen and oxygen atoms in total. The van der Waals surface area contributed by atoms with Crippen LogP contribution in [0.5, 0.6) is 0 Å². The molecule has 1 aliphatic heterocycles. The first-order valence-electron chi connectivity index (χ1n) is 5.62. The van der Waals surface area contributed by atoms with Gasteiger partial charge in [-0.1, -0.05) is 43.1 Å². The molecule has 0 aromatic heterocycles. The summed E-state index contributed by atoms with van der Waals surface area (Å²) in [6.07, 6.45) is 9.48. The van der Waals surface area contributed by atoms with Crippen LogP contribution < -0.4 is 0 Å². The third-order valence-electron chi connectivity index (χ3n) is 3.69. The van der Waals surface area contributed by atoms with Crippen molar-refractivity contribution in [2.75, 3.05) is 0 Å². The molecule has 76 valence electrons. The zero-order chi connectivity index (χ0) is 9.92. The van der Waals surface area contributed by atoms with Crippen LogP contribution in [0.25, 0.3) is 0 Å². The van der Waals surface area contributed by atoms with E-state index in [4.69, 9.17) is 4.74 Å². The van der Waals surface area contributed by atoms with E-state index in [-0.39, 0.29) is 0 Å². The minimum atomic E-state index is -1.10. The van der Waals surface area contributed by atoms with E-state index in [1.54, 1.807) is 5.20 Å². The summed E-state index contributed by atoms with van der Waals surface area (Å²) in [7, 11) is -1.10. The summed E-state index contributed by atoms with van der Waals surface area (Å²) in [4.78, 5) is 0. The Morgan fingerprint density at radius 2 is 2.07 bits per heavy atom. The Kier molecular flexibility index (Phi) is 1.67. The normalized spacial score (nSPS) is 44.4. The number of allylic oxidation sites excluding steroid dienone is 2. The smallest absolute Gasteiger partial charge is 0.103 e. The van der Waals surface area contributed by atoms with Gasteiger partial charge in [0, 0.05) is 5.92 Å². The van der Waals surface area contributed by atoms with Gasteiger partial charge in [-0.3, -0.25) is 0 Å². The highest BCUT2D eigenvalue weighted by molar-refractivity contribution is 6.83. The maximum absolute atomic E-state index is 5.71. The number of epoxide rings is 1. The standard InChI is InChI=1S/C12H18OSi/c1-14(2,3)11-7-8-4-5-10-12(13-10)9(11)6-8/h4-5,7-10,12H,6H2,1-3H3/t8-,9+,10?,12?/m0/s1. The van der Waals surface area contributed by atoms with Crippen molar-refractivity contribution >= 4 is 8.07 Å². The Hall–Kier alpha value is -0.343. The highest BCUT2D eigenvalue weighted by Crippen LogP contribution is 2.48. The molecular formula is C12H18OSi. The van der Waals surface area contributed by atoms with E-state index in [0.717, 1.165) is 11.8 Å². The first-order chi connectivity index (χ1) is 6.55. The van der Waals surface area contributed by atoms with Crippen molar-refractivity contribution in [1.82, 2.24) is 0 Å². The third-order valence-corrected chi connectivity index (χ3v) is 5.96. The van der Waals surface area contributed by atoms with Crippen molar-refractivity contribution in [2.45, 2.75) is 38.3 Å². The topological polar surface area (TPSA) is 12.5 Å². The number of hydrogen-bond acceptors (Lipinski definition) is 1. The molecule has 1 fully saturated rings. The maximum Gasteiger partial charge on any atom is 0.103 e. The van der Waals surface area contributed by atoms with Gasteiger partial charge >= 0.3 is 0 Å². The van der Waals surface area contributed by atoms with E-state index in [1.807, 2.05) is 0 Å². The summed E-state index contributed by atoms with van der Waals surface area (Å²) < 4.78 is 5.71. The molecule has 3 rings (SSSR count). The highest BCUT2D eigenvalue weighted by atomic mass is 28.3. The average molecular weight is 206 g/mol. The van der Waals surface area contributed by atoms with E-state index in [0.29, 0.717) is 12.2 Å². The molecule has 0 spiro atoms. The molecule has 0 saturated carbocycles. The third kappa shape index (κ3) is 1.24. The van der Waals surface area contributed by atoms with Gasteiger partial charge in [0.25, 0.3) is 0 Å². The fourth-order valence-electron chi connectivity index (χ4n) is 2.96. The average Bonchev–Trinajstić information content (AvgIpc) is 2.69. The first kappa shape index (κ1) is 8.92. The zero-order valence-electron chi connectivity index (χ0n) is 9.16. The molecule has 2 unspecified atom stereocenters.